The number of alkyl halides is 2. The number of aliphatic hydroxyl groups is 1. The quantitative estimate of drug-likeness (QED) is 0.143. The first-order valence-corrected chi connectivity index (χ1v) is 13.3. The zero-order valence-electron chi connectivity index (χ0n) is 21.4. The molecule has 0 spiro atoms. The zero-order valence-corrected chi connectivity index (χ0v) is 23.0. The maximum absolute atomic E-state index is 15.1. The van der Waals surface area contributed by atoms with Gasteiger partial charge in [-0.1, -0.05) is 0 Å². The predicted octanol–water partition coefficient (Wildman–Crippen LogP) is 2.23. The molecule has 1 aromatic rings. The van der Waals surface area contributed by atoms with Crippen LogP contribution in [-0.4, -0.2) is 83.1 Å². The highest BCUT2D eigenvalue weighted by molar-refractivity contribution is 7.48. The van der Waals surface area contributed by atoms with Crippen LogP contribution in [0.4, 0.5) is 19.8 Å². The van der Waals surface area contributed by atoms with Crippen LogP contribution in [-0.2, 0) is 41.8 Å². The fourth-order valence-electron chi connectivity index (χ4n) is 2.95. The number of phosphoric acid groups is 1. The zero-order chi connectivity index (χ0) is 29.4. The molecule has 1 aromatic heterocycles. The summed E-state index contributed by atoms with van der Waals surface area (Å²) in [6.45, 7) is 3.22. The maximum Gasteiger partial charge on any atom is 0.510 e. The van der Waals surface area contributed by atoms with E-state index in [0.29, 0.717) is 0 Å². The van der Waals surface area contributed by atoms with Crippen LogP contribution in [0.15, 0.2) is 17.1 Å². The minimum Gasteiger partial charge on any atom is -0.432 e. The molecular weight excluding hydrogens is 576 g/mol. The molecule has 0 radical (unpaired) electrons. The average molecular weight is 606 g/mol. The summed E-state index contributed by atoms with van der Waals surface area (Å²) in [7, 11) is -4.80. The molecular formula is C20H30ClFN3O13P. The van der Waals surface area contributed by atoms with Gasteiger partial charge in [-0.25, -0.2) is 32.4 Å². The van der Waals surface area contributed by atoms with Crippen LogP contribution < -0.4 is 11.4 Å². The van der Waals surface area contributed by atoms with Crippen molar-refractivity contribution in [2.24, 2.45) is 0 Å². The second kappa shape index (κ2) is 14.2. The Hall–Kier alpha value is -2.53. The van der Waals surface area contributed by atoms with Gasteiger partial charge in [0, 0.05) is 6.20 Å². The first-order chi connectivity index (χ1) is 18.2. The van der Waals surface area contributed by atoms with Crippen molar-refractivity contribution >= 4 is 37.6 Å². The summed E-state index contributed by atoms with van der Waals surface area (Å²) in [6, 6.07) is 1.20. The lowest BCUT2D eigenvalue weighted by Gasteiger charge is -2.30. The third kappa shape index (κ3) is 9.27. The van der Waals surface area contributed by atoms with E-state index < -0.39 is 88.2 Å². The number of carbonyl (C=O) groups is 2. The average Bonchev–Trinajstić information content (AvgIpc) is 3.07. The number of aromatic nitrogens is 2. The topological polar surface area (TPSA) is 206 Å². The first kappa shape index (κ1) is 32.7. The minimum absolute atomic E-state index is 0.133. The number of hydrogen-bond donors (Lipinski definition) is 2. The Balaban J connectivity index is 2.16. The van der Waals surface area contributed by atoms with Crippen LogP contribution in [0.5, 0.6) is 0 Å². The van der Waals surface area contributed by atoms with E-state index in [2.05, 4.69) is 14.5 Å². The molecule has 1 saturated heterocycles. The van der Waals surface area contributed by atoms with Crippen molar-refractivity contribution in [2.75, 3.05) is 31.8 Å². The molecule has 2 heterocycles. The molecule has 0 aromatic carbocycles. The van der Waals surface area contributed by atoms with Crippen molar-refractivity contribution in [3.05, 3.63) is 22.7 Å². The summed E-state index contributed by atoms with van der Waals surface area (Å²) in [4.78, 5) is 38.8. The molecule has 0 amide bonds. The maximum atomic E-state index is 15.1. The monoisotopic (exact) mass is 605 g/mol. The SMILES string of the molecule is CC(C)OC(=O)OCOP(=O)(OCOC(=O)OC(C)C)OC[C@@]1(CCl)OC(n2ccc(N)nc2=O)[C@H](F)[C@@H]1O. The van der Waals surface area contributed by atoms with E-state index in [1.54, 1.807) is 27.7 Å². The number of rotatable bonds is 13. The van der Waals surface area contributed by atoms with E-state index in [4.69, 9.17) is 45.1 Å². The van der Waals surface area contributed by atoms with Gasteiger partial charge in [-0.05, 0) is 33.8 Å². The number of nitrogens with two attached hydrogens (primary N) is 1. The number of nitrogens with zero attached hydrogens (tertiary/aromatic N) is 2. The summed E-state index contributed by atoms with van der Waals surface area (Å²) >= 11 is 5.96. The van der Waals surface area contributed by atoms with Gasteiger partial charge in [0.15, 0.2) is 12.4 Å². The molecule has 0 bridgehead atoms. The second-order valence-electron chi connectivity index (χ2n) is 8.47. The van der Waals surface area contributed by atoms with Gasteiger partial charge in [0.2, 0.25) is 13.6 Å². The molecule has 3 N–H and O–H groups in total. The molecule has 1 unspecified atom stereocenters. The van der Waals surface area contributed by atoms with Crippen molar-refractivity contribution in [3.8, 4) is 0 Å². The molecule has 19 heteroatoms. The van der Waals surface area contributed by atoms with Crippen molar-refractivity contribution in [3.63, 3.8) is 0 Å². The number of nitrogen functional groups attached to an aromatic ring is 1. The van der Waals surface area contributed by atoms with Crippen LogP contribution in [0.1, 0.15) is 33.9 Å². The van der Waals surface area contributed by atoms with Crippen LogP contribution in [0.3, 0.4) is 0 Å². The fraction of sp³-hybridized carbons (Fsp3) is 0.700. The minimum atomic E-state index is -4.80. The molecule has 1 fully saturated rings. The Morgan fingerprint density at radius 2 is 1.72 bits per heavy atom. The summed E-state index contributed by atoms with van der Waals surface area (Å²) in [5.41, 5.74) is 2.37. The fourth-order valence-corrected chi connectivity index (χ4v) is 4.21. The number of hydrogen-bond acceptors (Lipinski definition) is 15. The van der Waals surface area contributed by atoms with Crippen molar-refractivity contribution in [1.82, 2.24) is 9.55 Å². The third-order valence-corrected chi connectivity index (χ3v) is 6.47. The van der Waals surface area contributed by atoms with E-state index in [1.807, 2.05) is 0 Å². The highest BCUT2D eigenvalue weighted by atomic mass is 35.5. The molecule has 2 rings (SSSR count). The molecule has 4 atom stereocenters. The lowest BCUT2D eigenvalue weighted by atomic mass is 9.99. The van der Waals surface area contributed by atoms with Gasteiger partial charge in [-0.3, -0.25) is 9.09 Å². The smallest absolute Gasteiger partial charge is 0.432 e. The van der Waals surface area contributed by atoms with E-state index >= 15 is 4.39 Å². The third-order valence-electron chi connectivity index (χ3n) is 4.73. The number of anilines is 1. The van der Waals surface area contributed by atoms with Crippen molar-refractivity contribution < 1.29 is 60.9 Å². The summed E-state index contributed by atoms with van der Waals surface area (Å²) in [5.74, 6) is -0.761. The van der Waals surface area contributed by atoms with Gasteiger partial charge in [-0.2, -0.15) is 4.98 Å². The van der Waals surface area contributed by atoms with Crippen molar-refractivity contribution in [1.29, 1.82) is 0 Å². The normalized spacial score (nSPS) is 23.2. The van der Waals surface area contributed by atoms with Crippen LogP contribution in [0.2, 0.25) is 0 Å². The molecule has 39 heavy (non-hydrogen) atoms. The lowest BCUT2D eigenvalue weighted by Crippen LogP contribution is -2.47. The first-order valence-electron chi connectivity index (χ1n) is 11.3. The van der Waals surface area contributed by atoms with Gasteiger partial charge in [0.1, 0.15) is 17.5 Å². The van der Waals surface area contributed by atoms with Gasteiger partial charge in [-0.15, -0.1) is 11.6 Å². The van der Waals surface area contributed by atoms with Crippen LogP contribution in [0.25, 0.3) is 0 Å². The van der Waals surface area contributed by atoms with Gasteiger partial charge >= 0.3 is 25.8 Å². The Kier molecular flexibility index (Phi) is 11.9. The van der Waals surface area contributed by atoms with Crippen LogP contribution in [0, 0.1) is 0 Å². The predicted molar refractivity (Wildman–Crippen MR) is 128 cm³/mol. The standard InChI is InChI=1S/C20H30ClFN3O13P/c1-11(2)36-18(28)31-9-34-39(30,35-10-32-19(29)37-12(3)4)33-8-20(7-21)15(26)14(22)16(38-20)25-6-5-13(23)24-17(25)27/h5-6,11-12,14-16,26H,7-10H2,1-4H3,(H2,23,24,27)/t14-,15+,16?,20-/m1/s1. The van der Waals surface area contributed by atoms with E-state index in [0.717, 1.165) is 10.8 Å². The van der Waals surface area contributed by atoms with Gasteiger partial charge < -0.3 is 34.5 Å². The van der Waals surface area contributed by atoms with E-state index in [-0.39, 0.29) is 5.82 Å². The summed E-state index contributed by atoms with van der Waals surface area (Å²) in [5, 5.41) is 10.6. The Labute approximate surface area is 226 Å². The lowest BCUT2D eigenvalue weighted by molar-refractivity contribution is -0.119. The second-order valence-corrected chi connectivity index (χ2v) is 10.4. The Morgan fingerprint density at radius 1 is 1.18 bits per heavy atom. The molecule has 222 valence electrons. The molecule has 0 aliphatic carbocycles. The highest BCUT2D eigenvalue weighted by Gasteiger charge is 2.57. The largest absolute Gasteiger partial charge is 0.510 e. The van der Waals surface area contributed by atoms with E-state index in [9.17, 15) is 24.1 Å². The number of carbonyl (C=O) groups excluding carboxylic acids is 2. The Bertz CT molecular complexity index is 1060. The molecule has 1 aliphatic heterocycles. The van der Waals surface area contributed by atoms with E-state index in [1.165, 1.54) is 6.07 Å². The van der Waals surface area contributed by atoms with Crippen molar-refractivity contribution in [2.45, 2.75) is 64.0 Å². The molecule has 0 saturated carbocycles. The number of halogens is 2. The number of ether oxygens (including phenoxy) is 5. The number of aliphatic hydroxyl groups excluding tert-OH is 1. The van der Waals surface area contributed by atoms with Crippen LogP contribution >= 0.6 is 19.4 Å². The Morgan fingerprint density at radius 3 is 2.18 bits per heavy atom. The number of phosphoric ester groups is 1. The molecule has 1 aliphatic rings. The van der Waals surface area contributed by atoms with Gasteiger partial charge in [0.05, 0.1) is 24.7 Å². The summed E-state index contributed by atoms with van der Waals surface area (Å²) < 4.78 is 68.2. The molecule has 16 nitrogen and oxygen atoms in total. The highest BCUT2D eigenvalue weighted by Crippen LogP contribution is 2.51. The summed E-state index contributed by atoms with van der Waals surface area (Å²) in [6.07, 6.45) is -8.27. The van der Waals surface area contributed by atoms with Gasteiger partial charge in [0.25, 0.3) is 0 Å².